The molecule has 0 rings (SSSR count). The molecule has 0 N–H and O–H groups in total. The predicted octanol–water partition coefficient (Wildman–Crippen LogP) is -0.286. The van der Waals surface area contributed by atoms with Crippen LogP contribution >= 0.6 is 0 Å². The van der Waals surface area contributed by atoms with E-state index in [1.54, 1.807) is 0 Å². The molecule has 0 aromatic heterocycles. The first kappa shape index (κ1) is 6.00. The lowest BCUT2D eigenvalue weighted by Gasteiger charge is -1.82. The number of amides is 1. The third-order valence-electron chi connectivity index (χ3n) is 0.301. The Bertz CT molecular complexity index is 116. The molecule has 1 amide bonds. The summed E-state index contributed by atoms with van der Waals surface area (Å²) < 4.78 is 4.07. The third-order valence-corrected chi connectivity index (χ3v) is 0.650. The van der Waals surface area contributed by atoms with Crippen LogP contribution in [0.5, 0.6) is 0 Å². The van der Waals surface area contributed by atoms with Gasteiger partial charge in [0.05, 0.1) is 0 Å². The van der Waals surface area contributed by atoms with Gasteiger partial charge in [-0.2, -0.15) is 0 Å². The minimum Gasteiger partial charge on any atom is -0.524 e. The van der Waals surface area contributed by atoms with Crippen molar-refractivity contribution in [2.45, 2.75) is 0 Å². The Morgan fingerprint density at radius 1 is 2.00 bits per heavy atom. The van der Waals surface area contributed by atoms with E-state index in [-0.39, 0.29) is 10.5 Å². The van der Waals surface area contributed by atoms with Gasteiger partial charge in [-0.1, -0.05) is 0 Å². The van der Waals surface area contributed by atoms with Crippen LogP contribution < -0.4 is 0 Å². The molecular weight excluding hydrogens is 114 g/mol. The van der Waals surface area contributed by atoms with Gasteiger partial charge in [0, 0.05) is 10.0 Å². The highest BCUT2D eigenvalue weighted by atomic mass is 28.2. The lowest BCUT2D eigenvalue weighted by Crippen LogP contribution is -1.89. The topological polar surface area (TPSA) is 75.1 Å². The maximum atomic E-state index is 9.80. The fraction of sp³-hybridized carbons (Fsp3) is 0. The van der Waals surface area contributed by atoms with Crippen molar-refractivity contribution in [3.05, 3.63) is 10.4 Å². The Hall–Kier alpha value is -1.00. The molecule has 0 spiro atoms. The molecule has 0 heterocycles. The first-order valence-electron chi connectivity index (χ1n) is 1.44. The number of hydrogen-bond acceptors (Lipinski definition) is 2. The van der Waals surface area contributed by atoms with Crippen molar-refractivity contribution < 1.29 is 9.22 Å². The Labute approximate surface area is 42.4 Å². The predicted molar refractivity (Wildman–Crippen MR) is 25.6 cm³/mol. The van der Waals surface area contributed by atoms with Gasteiger partial charge in [0.15, 0.2) is 0 Å². The highest BCUT2D eigenvalue weighted by Gasteiger charge is 1.85. The van der Waals surface area contributed by atoms with E-state index in [1.165, 1.54) is 0 Å². The Balaban J connectivity index is 3.58. The summed E-state index contributed by atoms with van der Waals surface area (Å²) in [4.78, 5) is 12.0. The second-order valence-electron chi connectivity index (χ2n) is 0.659. The van der Waals surface area contributed by atoms with Gasteiger partial charge in [-0.25, -0.2) is 4.79 Å². The van der Waals surface area contributed by atoms with Crippen LogP contribution in [0.4, 0.5) is 4.79 Å². The van der Waals surface area contributed by atoms with E-state index in [0.717, 1.165) is 0 Å². The third kappa shape index (κ3) is 2.81. The summed E-state index contributed by atoms with van der Waals surface area (Å²) in [6, 6.07) is 0. The number of carbonyl (C=O) groups is 1. The molecular formula is CH3N3O2Si. The monoisotopic (exact) mass is 117 g/mol. The van der Waals surface area contributed by atoms with Gasteiger partial charge < -0.3 is 4.43 Å². The highest BCUT2D eigenvalue weighted by Crippen LogP contribution is 1.75. The van der Waals surface area contributed by atoms with Crippen molar-refractivity contribution in [2.24, 2.45) is 5.11 Å². The fourth-order valence-corrected chi connectivity index (χ4v) is 0.159. The summed E-state index contributed by atoms with van der Waals surface area (Å²) in [6.45, 7) is 0. The quantitative estimate of drug-likeness (QED) is 0.189. The second kappa shape index (κ2) is 3.20. The molecule has 0 atom stereocenters. The molecule has 0 aromatic rings. The molecule has 0 aromatic carbocycles. The van der Waals surface area contributed by atoms with Crippen LogP contribution in [0.1, 0.15) is 0 Å². The zero-order valence-corrected chi connectivity index (χ0v) is 5.66. The molecule has 0 aliphatic rings. The molecule has 0 aliphatic carbocycles. The van der Waals surface area contributed by atoms with Crippen LogP contribution in [0.3, 0.4) is 0 Å². The average Bonchev–Trinajstić information content (AvgIpc) is 1.68. The Kier molecular flexibility index (Phi) is 2.74. The van der Waals surface area contributed by atoms with Crippen LogP contribution in [-0.4, -0.2) is 16.6 Å². The van der Waals surface area contributed by atoms with E-state index in [2.05, 4.69) is 14.5 Å². The largest absolute Gasteiger partial charge is 0.524 e. The first-order valence-corrected chi connectivity index (χ1v) is 2.26. The summed E-state index contributed by atoms with van der Waals surface area (Å²) in [7, 11) is 0.273. The van der Waals surface area contributed by atoms with Crippen molar-refractivity contribution >= 4 is 16.6 Å². The van der Waals surface area contributed by atoms with E-state index in [1.807, 2.05) is 0 Å². The molecule has 0 fully saturated rings. The van der Waals surface area contributed by atoms with Crippen LogP contribution in [-0.2, 0) is 4.43 Å². The zero-order valence-electron chi connectivity index (χ0n) is 3.66. The zero-order chi connectivity index (χ0) is 5.70. The maximum absolute atomic E-state index is 9.80. The fourth-order valence-electron chi connectivity index (χ4n) is 0.0773. The van der Waals surface area contributed by atoms with Gasteiger partial charge >= 0.3 is 6.09 Å². The van der Waals surface area contributed by atoms with Crippen LogP contribution in [0.15, 0.2) is 5.11 Å². The van der Waals surface area contributed by atoms with E-state index < -0.39 is 6.09 Å². The minimum atomic E-state index is -0.853. The summed E-state index contributed by atoms with van der Waals surface area (Å²) in [6.07, 6.45) is -0.853. The first-order chi connectivity index (χ1) is 3.31. The SMILES string of the molecule is [N-]=[N+]=NC(=O)O[SiH3]. The normalized spacial score (nSPS) is 6.86. The van der Waals surface area contributed by atoms with Gasteiger partial charge in [0.25, 0.3) is 0 Å². The molecule has 0 saturated carbocycles. The number of rotatable bonds is 0. The van der Waals surface area contributed by atoms with Crippen LogP contribution in [0, 0.1) is 0 Å². The van der Waals surface area contributed by atoms with E-state index in [4.69, 9.17) is 5.53 Å². The molecule has 0 unspecified atom stereocenters. The number of nitrogens with zero attached hydrogens (tertiary/aromatic N) is 3. The van der Waals surface area contributed by atoms with Crippen molar-refractivity contribution in [1.29, 1.82) is 0 Å². The van der Waals surface area contributed by atoms with Gasteiger partial charge in [-0.15, -0.1) is 0 Å². The summed E-state index contributed by atoms with van der Waals surface area (Å²) in [5, 5.41) is 2.60. The van der Waals surface area contributed by atoms with E-state index >= 15 is 0 Å². The van der Waals surface area contributed by atoms with Crippen molar-refractivity contribution in [2.75, 3.05) is 0 Å². The average molecular weight is 117 g/mol. The van der Waals surface area contributed by atoms with Crippen molar-refractivity contribution in [3.8, 4) is 0 Å². The number of azide groups is 1. The van der Waals surface area contributed by atoms with Gasteiger partial charge in [-0.05, 0) is 5.53 Å². The standard InChI is InChI=1S/CH3N3O2Si/c2-4-3-1(5)6-7/h7H3. The molecule has 0 saturated heterocycles. The van der Waals surface area contributed by atoms with Gasteiger partial charge in [0.2, 0.25) is 10.5 Å². The van der Waals surface area contributed by atoms with Crippen molar-refractivity contribution in [3.63, 3.8) is 0 Å². The van der Waals surface area contributed by atoms with Crippen LogP contribution in [0.25, 0.3) is 10.4 Å². The second-order valence-corrected chi connectivity index (χ2v) is 1.07. The lowest BCUT2D eigenvalue weighted by molar-refractivity contribution is 0.215. The lowest BCUT2D eigenvalue weighted by atomic mass is 11.3. The Morgan fingerprint density at radius 3 is 2.71 bits per heavy atom. The molecule has 6 heteroatoms. The maximum Gasteiger partial charge on any atom is 0.382 e. The summed E-state index contributed by atoms with van der Waals surface area (Å²) in [5.74, 6) is 0. The van der Waals surface area contributed by atoms with Gasteiger partial charge in [-0.3, -0.25) is 0 Å². The smallest absolute Gasteiger partial charge is 0.382 e. The minimum absolute atomic E-state index is 0.273. The molecule has 0 radical (unpaired) electrons. The summed E-state index contributed by atoms with van der Waals surface area (Å²) >= 11 is 0. The summed E-state index contributed by atoms with van der Waals surface area (Å²) in [5.41, 5.74) is 7.54. The molecule has 0 aliphatic heterocycles. The molecule has 5 nitrogen and oxygen atoms in total. The molecule has 0 bridgehead atoms. The van der Waals surface area contributed by atoms with E-state index in [0.29, 0.717) is 0 Å². The van der Waals surface area contributed by atoms with E-state index in [9.17, 15) is 4.79 Å². The number of hydrogen-bond donors (Lipinski definition) is 0. The number of carbonyl (C=O) groups excluding carboxylic acids is 1. The Morgan fingerprint density at radius 2 is 2.57 bits per heavy atom. The highest BCUT2D eigenvalue weighted by molar-refractivity contribution is 6.05. The van der Waals surface area contributed by atoms with Crippen LogP contribution in [0.2, 0.25) is 0 Å². The molecule has 38 valence electrons. The van der Waals surface area contributed by atoms with Crippen molar-refractivity contribution in [1.82, 2.24) is 0 Å². The molecule has 7 heavy (non-hydrogen) atoms. The van der Waals surface area contributed by atoms with Gasteiger partial charge in [0.1, 0.15) is 0 Å².